The van der Waals surface area contributed by atoms with Crippen molar-refractivity contribution in [3.8, 4) is 0 Å². The van der Waals surface area contributed by atoms with Gasteiger partial charge in [-0.25, -0.2) is 4.98 Å². The smallest absolute Gasteiger partial charge is 0.239 e. The molecule has 1 aromatic rings. The van der Waals surface area contributed by atoms with Crippen LogP contribution in [0.2, 0.25) is 0 Å². The Hall–Kier alpha value is -1.58. The first-order valence-corrected chi connectivity index (χ1v) is 8.83. The quantitative estimate of drug-likeness (QED) is 0.345. The largest absolute Gasteiger partial charge is 0.357 e. The molecule has 0 aromatic carbocycles. The van der Waals surface area contributed by atoms with Crippen molar-refractivity contribution < 1.29 is 4.79 Å². The van der Waals surface area contributed by atoms with Crippen molar-refractivity contribution >= 4 is 41.7 Å². The summed E-state index contributed by atoms with van der Waals surface area (Å²) < 4.78 is 0. The van der Waals surface area contributed by atoms with E-state index in [-0.39, 0.29) is 42.0 Å². The van der Waals surface area contributed by atoms with Crippen LogP contribution in [0.5, 0.6) is 0 Å². The Kier molecular flexibility index (Phi) is 9.11. The molecule has 8 heteroatoms. The van der Waals surface area contributed by atoms with Crippen LogP contribution in [0.4, 0.5) is 5.82 Å². The third-order valence-electron chi connectivity index (χ3n) is 3.85. The Morgan fingerprint density at radius 1 is 1.27 bits per heavy atom. The highest BCUT2D eigenvalue weighted by Crippen LogP contribution is 2.18. The van der Waals surface area contributed by atoms with Gasteiger partial charge >= 0.3 is 0 Å². The Morgan fingerprint density at radius 3 is 2.58 bits per heavy atom. The zero-order valence-corrected chi connectivity index (χ0v) is 18.5. The second-order valence-corrected chi connectivity index (χ2v) is 7.29. The molecule has 0 unspecified atom stereocenters. The fraction of sp³-hybridized carbons (Fsp3) is 0.611. The minimum absolute atomic E-state index is 0. The molecule has 0 aliphatic carbocycles. The van der Waals surface area contributed by atoms with Crippen LogP contribution in [-0.2, 0) is 11.3 Å². The van der Waals surface area contributed by atoms with Gasteiger partial charge in [-0.15, -0.1) is 24.0 Å². The van der Waals surface area contributed by atoms with Gasteiger partial charge in [-0.3, -0.25) is 9.79 Å². The Balaban J connectivity index is 0.00000338. The van der Waals surface area contributed by atoms with Gasteiger partial charge in [0.05, 0.1) is 6.54 Å². The summed E-state index contributed by atoms with van der Waals surface area (Å²) in [5.74, 6) is 1.57. The summed E-state index contributed by atoms with van der Waals surface area (Å²) >= 11 is 0. The van der Waals surface area contributed by atoms with E-state index in [1.165, 1.54) is 12.8 Å². The normalized spacial score (nSPS) is 14.6. The van der Waals surface area contributed by atoms with E-state index in [4.69, 9.17) is 0 Å². The lowest BCUT2D eigenvalue weighted by Gasteiger charge is -2.21. The molecule has 0 spiro atoms. The first kappa shape index (κ1) is 22.5. The average molecular weight is 474 g/mol. The summed E-state index contributed by atoms with van der Waals surface area (Å²) in [4.78, 5) is 22.8. The van der Waals surface area contributed by atoms with Crippen LogP contribution in [0.25, 0.3) is 0 Å². The first-order valence-electron chi connectivity index (χ1n) is 8.83. The average Bonchev–Trinajstić information content (AvgIpc) is 3.08. The summed E-state index contributed by atoms with van der Waals surface area (Å²) in [6.45, 7) is 8.85. The molecule has 1 fully saturated rings. The molecule has 1 amide bonds. The second kappa shape index (κ2) is 10.5. The van der Waals surface area contributed by atoms with Crippen molar-refractivity contribution in [3.05, 3.63) is 23.9 Å². The van der Waals surface area contributed by atoms with Crippen molar-refractivity contribution in [3.63, 3.8) is 0 Å². The van der Waals surface area contributed by atoms with Gasteiger partial charge in [0, 0.05) is 38.4 Å². The Morgan fingerprint density at radius 2 is 1.96 bits per heavy atom. The van der Waals surface area contributed by atoms with E-state index in [9.17, 15) is 4.79 Å². The number of aliphatic imine (C=N–C) groups is 1. The highest BCUT2D eigenvalue weighted by Gasteiger charge is 2.15. The predicted octanol–water partition coefficient (Wildman–Crippen LogP) is 1.88. The molecule has 26 heavy (non-hydrogen) atoms. The highest BCUT2D eigenvalue weighted by molar-refractivity contribution is 14.0. The van der Waals surface area contributed by atoms with Gasteiger partial charge in [0.25, 0.3) is 0 Å². The molecule has 1 saturated heterocycles. The SMILES string of the molecule is CN=C(NCC(=O)NC(C)(C)C)NCc1ccnc(N2CCCC2)c1.I. The molecule has 0 saturated carbocycles. The van der Waals surface area contributed by atoms with Crippen LogP contribution in [0, 0.1) is 0 Å². The lowest BCUT2D eigenvalue weighted by Crippen LogP contribution is -2.48. The topological polar surface area (TPSA) is 81.6 Å². The molecule has 1 aliphatic rings. The Bertz CT molecular complexity index is 608. The molecule has 2 rings (SSSR count). The molecule has 2 heterocycles. The molecule has 0 atom stereocenters. The molecule has 0 bridgehead atoms. The second-order valence-electron chi connectivity index (χ2n) is 7.29. The van der Waals surface area contributed by atoms with Gasteiger partial charge in [-0.1, -0.05) is 0 Å². The van der Waals surface area contributed by atoms with E-state index < -0.39 is 0 Å². The zero-order valence-electron chi connectivity index (χ0n) is 16.1. The van der Waals surface area contributed by atoms with Crippen LogP contribution >= 0.6 is 24.0 Å². The molecule has 1 aromatic heterocycles. The lowest BCUT2D eigenvalue weighted by atomic mass is 10.1. The number of aromatic nitrogens is 1. The molecule has 0 radical (unpaired) electrons. The fourth-order valence-electron chi connectivity index (χ4n) is 2.72. The number of carbonyl (C=O) groups excluding carboxylic acids is 1. The molecule has 3 N–H and O–H groups in total. The predicted molar refractivity (Wildman–Crippen MR) is 117 cm³/mol. The van der Waals surface area contributed by atoms with E-state index in [0.29, 0.717) is 12.5 Å². The summed E-state index contributed by atoms with van der Waals surface area (Å²) in [7, 11) is 1.69. The van der Waals surface area contributed by atoms with Crippen LogP contribution in [0.3, 0.4) is 0 Å². The maximum absolute atomic E-state index is 11.9. The van der Waals surface area contributed by atoms with Crippen molar-refractivity contribution in [2.75, 3.05) is 31.6 Å². The van der Waals surface area contributed by atoms with Crippen LogP contribution in [0.1, 0.15) is 39.2 Å². The maximum atomic E-state index is 11.9. The van der Waals surface area contributed by atoms with Gasteiger partial charge in [0.15, 0.2) is 5.96 Å². The van der Waals surface area contributed by atoms with E-state index in [0.717, 1.165) is 24.5 Å². The number of hydrogen-bond acceptors (Lipinski definition) is 4. The molecule has 146 valence electrons. The number of halogens is 1. The lowest BCUT2D eigenvalue weighted by molar-refractivity contribution is -0.121. The van der Waals surface area contributed by atoms with Gasteiger partial charge in [0.1, 0.15) is 5.82 Å². The maximum Gasteiger partial charge on any atom is 0.239 e. The number of nitrogens with one attached hydrogen (secondary N) is 3. The highest BCUT2D eigenvalue weighted by atomic mass is 127. The summed E-state index contributed by atoms with van der Waals surface area (Å²) in [6, 6.07) is 4.10. The Labute approximate surface area is 173 Å². The zero-order chi connectivity index (χ0) is 18.3. The van der Waals surface area contributed by atoms with Crippen molar-refractivity contribution in [2.24, 2.45) is 4.99 Å². The number of anilines is 1. The number of rotatable bonds is 5. The van der Waals surface area contributed by atoms with Gasteiger partial charge in [-0.05, 0) is 51.3 Å². The molecular formula is C18H31IN6O. The van der Waals surface area contributed by atoms with Crippen LogP contribution in [-0.4, -0.2) is 49.1 Å². The number of hydrogen-bond donors (Lipinski definition) is 3. The summed E-state index contributed by atoms with van der Waals surface area (Å²) in [6.07, 6.45) is 4.31. The summed E-state index contributed by atoms with van der Waals surface area (Å²) in [5, 5.41) is 9.18. The minimum Gasteiger partial charge on any atom is -0.357 e. The number of amides is 1. The van der Waals surface area contributed by atoms with E-state index >= 15 is 0 Å². The number of carbonyl (C=O) groups is 1. The van der Waals surface area contributed by atoms with E-state index in [1.807, 2.05) is 33.0 Å². The third kappa shape index (κ3) is 7.76. The van der Waals surface area contributed by atoms with Crippen molar-refractivity contribution in [1.82, 2.24) is 20.9 Å². The first-order chi connectivity index (χ1) is 11.9. The molecule has 7 nitrogen and oxygen atoms in total. The van der Waals surface area contributed by atoms with Crippen molar-refractivity contribution in [1.29, 1.82) is 0 Å². The number of guanidine groups is 1. The monoisotopic (exact) mass is 474 g/mol. The fourth-order valence-corrected chi connectivity index (χ4v) is 2.72. The van der Waals surface area contributed by atoms with Crippen LogP contribution < -0.4 is 20.9 Å². The third-order valence-corrected chi connectivity index (χ3v) is 3.85. The molecule has 1 aliphatic heterocycles. The standard InChI is InChI=1S/C18H30N6O.HI/c1-18(2,3)23-16(25)13-22-17(19-4)21-12-14-7-8-20-15(11-14)24-9-5-6-10-24;/h7-8,11H,5-6,9-10,12-13H2,1-4H3,(H,23,25)(H2,19,21,22);1H. The van der Waals surface area contributed by atoms with Gasteiger partial charge in [-0.2, -0.15) is 0 Å². The summed E-state index contributed by atoms with van der Waals surface area (Å²) in [5.41, 5.74) is 0.901. The van der Waals surface area contributed by atoms with Crippen molar-refractivity contribution in [2.45, 2.75) is 45.7 Å². The van der Waals surface area contributed by atoms with E-state index in [2.05, 4.69) is 36.9 Å². The van der Waals surface area contributed by atoms with Gasteiger partial charge < -0.3 is 20.9 Å². The molecular weight excluding hydrogens is 443 g/mol. The number of pyridine rings is 1. The van der Waals surface area contributed by atoms with Gasteiger partial charge in [0.2, 0.25) is 5.91 Å². The number of nitrogens with zero attached hydrogens (tertiary/aromatic N) is 3. The minimum atomic E-state index is -0.237. The van der Waals surface area contributed by atoms with E-state index in [1.54, 1.807) is 7.05 Å². The van der Waals surface area contributed by atoms with Crippen LogP contribution in [0.15, 0.2) is 23.3 Å².